The number of hydrogen-bond acceptors (Lipinski definition) is 5. The maximum absolute atomic E-state index is 11.4. The smallest absolute Gasteiger partial charge is 0.219 e. The molecule has 1 aromatic rings. The van der Waals surface area contributed by atoms with Crippen molar-refractivity contribution in [3.8, 4) is 0 Å². The SMILES string of the molecule is CCCS(=O)(=O)NCCc1nnc(C(C)C)o1. The minimum atomic E-state index is -3.15. The Bertz CT molecular complexity index is 439. The molecule has 0 spiro atoms. The Morgan fingerprint density at radius 1 is 1.35 bits per heavy atom. The lowest BCUT2D eigenvalue weighted by Gasteiger charge is -2.03. The normalized spacial score (nSPS) is 12.2. The number of rotatable bonds is 7. The molecule has 0 saturated carbocycles. The highest BCUT2D eigenvalue weighted by atomic mass is 32.2. The average molecular weight is 261 g/mol. The minimum Gasteiger partial charge on any atom is -0.425 e. The van der Waals surface area contributed by atoms with Gasteiger partial charge in [0.05, 0.1) is 5.75 Å². The van der Waals surface area contributed by atoms with Crippen LogP contribution in [0.5, 0.6) is 0 Å². The maximum atomic E-state index is 11.4. The summed E-state index contributed by atoms with van der Waals surface area (Å²) in [6.07, 6.45) is 1.02. The Morgan fingerprint density at radius 3 is 2.59 bits per heavy atom. The molecule has 0 aliphatic rings. The fourth-order valence-corrected chi connectivity index (χ4v) is 2.35. The van der Waals surface area contributed by atoms with E-state index < -0.39 is 10.0 Å². The zero-order valence-electron chi connectivity index (χ0n) is 10.4. The summed E-state index contributed by atoms with van der Waals surface area (Å²) >= 11 is 0. The number of sulfonamides is 1. The molecule has 6 nitrogen and oxygen atoms in total. The molecule has 0 atom stereocenters. The summed E-state index contributed by atoms with van der Waals surface area (Å²) in [5.74, 6) is 1.38. The highest BCUT2D eigenvalue weighted by Gasteiger charge is 2.11. The van der Waals surface area contributed by atoms with E-state index in [4.69, 9.17) is 4.42 Å². The van der Waals surface area contributed by atoms with E-state index in [-0.39, 0.29) is 11.7 Å². The van der Waals surface area contributed by atoms with E-state index in [1.165, 1.54) is 0 Å². The van der Waals surface area contributed by atoms with Crippen LogP contribution in [0.4, 0.5) is 0 Å². The van der Waals surface area contributed by atoms with Gasteiger partial charge in [0, 0.05) is 18.9 Å². The first-order chi connectivity index (χ1) is 7.94. The second kappa shape index (κ2) is 6.11. The minimum absolute atomic E-state index is 0.147. The van der Waals surface area contributed by atoms with Crippen LogP contribution in [0.1, 0.15) is 44.9 Å². The predicted octanol–water partition coefficient (Wildman–Crippen LogP) is 1.06. The molecule has 1 rings (SSSR count). The van der Waals surface area contributed by atoms with Crippen LogP contribution in [0.15, 0.2) is 4.42 Å². The number of nitrogens with zero attached hydrogens (tertiary/aromatic N) is 2. The quantitative estimate of drug-likeness (QED) is 0.793. The third-order valence-corrected chi connectivity index (χ3v) is 3.70. The highest BCUT2D eigenvalue weighted by Crippen LogP contribution is 2.11. The summed E-state index contributed by atoms with van der Waals surface area (Å²) in [6.45, 7) is 6.04. The topological polar surface area (TPSA) is 85.1 Å². The lowest BCUT2D eigenvalue weighted by molar-refractivity contribution is 0.431. The standard InChI is InChI=1S/C10H19N3O3S/c1-4-7-17(14,15)11-6-5-9-12-13-10(16-9)8(2)3/h8,11H,4-7H2,1-3H3. The molecule has 0 amide bonds. The van der Waals surface area contributed by atoms with Gasteiger partial charge in [0.2, 0.25) is 21.8 Å². The Hall–Kier alpha value is -0.950. The van der Waals surface area contributed by atoms with Crippen LogP contribution in [0.25, 0.3) is 0 Å². The molecule has 1 aromatic heterocycles. The first-order valence-electron chi connectivity index (χ1n) is 5.74. The summed E-state index contributed by atoms with van der Waals surface area (Å²) in [5.41, 5.74) is 0. The first kappa shape index (κ1) is 14.1. The molecule has 1 N–H and O–H groups in total. The molecule has 7 heteroatoms. The van der Waals surface area contributed by atoms with Crippen molar-refractivity contribution in [1.29, 1.82) is 0 Å². The van der Waals surface area contributed by atoms with Crippen LogP contribution < -0.4 is 4.72 Å². The van der Waals surface area contributed by atoms with Crippen molar-refractivity contribution in [3.05, 3.63) is 11.8 Å². The Balaban J connectivity index is 2.40. The van der Waals surface area contributed by atoms with Gasteiger partial charge < -0.3 is 4.42 Å². The second-order valence-electron chi connectivity index (χ2n) is 4.15. The van der Waals surface area contributed by atoms with Crippen molar-refractivity contribution in [2.75, 3.05) is 12.3 Å². The largest absolute Gasteiger partial charge is 0.425 e. The fraction of sp³-hybridized carbons (Fsp3) is 0.800. The Labute approximate surface area is 102 Å². The van der Waals surface area contributed by atoms with E-state index in [0.717, 1.165) is 0 Å². The number of aromatic nitrogens is 2. The van der Waals surface area contributed by atoms with Crippen molar-refractivity contribution >= 4 is 10.0 Å². The lowest BCUT2D eigenvalue weighted by Crippen LogP contribution is -2.28. The molecule has 0 aromatic carbocycles. The Morgan fingerprint density at radius 2 is 2.06 bits per heavy atom. The monoisotopic (exact) mass is 261 g/mol. The average Bonchev–Trinajstić information content (AvgIpc) is 2.66. The summed E-state index contributed by atoms with van der Waals surface area (Å²) in [7, 11) is -3.15. The third-order valence-electron chi connectivity index (χ3n) is 2.11. The van der Waals surface area contributed by atoms with Gasteiger partial charge in [0.15, 0.2) is 0 Å². The molecule has 1 heterocycles. The molecule has 0 aliphatic carbocycles. The zero-order valence-corrected chi connectivity index (χ0v) is 11.2. The van der Waals surface area contributed by atoms with E-state index in [0.29, 0.717) is 31.2 Å². The van der Waals surface area contributed by atoms with Gasteiger partial charge in [0.1, 0.15) is 0 Å². The van der Waals surface area contributed by atoms with Gasteiger partial charge in [-0.05, 0) is 6.42 Å². The van der Waals surface area contributed by atoms with E-state index >= 15 is 0 Å². The van der Waals surface area contributed by atoms with Crippen molar-refractivity contribution in [2.24, 2.45) is 0 Å². The first-order valence-corrected chi connectivity index (χ1v) is 7.39. The lowest BCUT2D eigenvalue weighted by atomic mass is 10.2. The molecule has 17 heavy (non-hydrogen) atoms. The second-order valence-corrected chi connectivity index (χ2v) is 6.08. The number of nitrogens with one attached hydrogen (secondary N) is 1. The van der Waals surface area contributed by atoms with Gasteiger partial charge in [-0.3, -0.25) is 0 Å². The molecular weight excluding hydrogens is 242 g/mol. The summed E-state index contributed by atoms with van der Waals surface area (Å²) in [4.78, 5) is 0. The third kappa shape index (κ3) is 4.82. The van der Waals surface area contributed by atoms with E-state index in [1.54, 1.807) is 0 Å². The highest BCUT2D eigenvalue weighted by molar-refractivity contribution is 7.89. The van der Waals surface area contributed by atoms with Gasteiger partial charge >= 0.3 is 0 Å². The summed E-state index contributed by atoms with van der Waals surface area (Å²) in [6, 6.07) is 0. The molecule has 0 saturated heterocycles. The van der Waals surface area contributed by atoms with Crippen molar-refractivity contribution in [3.63, 3.8) is 0 Å². The van der Waals surface area contributed by atoms with Crippen LogP contribution >= 0.6 is 0 Å². The molecular formula is C10H19N3O3S. The van der Waals surface area contributed by atoms with Crippen molar-refractivity contribution in [1.82, 2.24) is 14.9 Å². The van der Waals surface area contributed by atoms with Crippen LogP contribution in [0.3, 0.4) is 0 Å². The predicted molar refractivity (Wildman–Crippen MR) is 64.2 cm³/mol. The molecule has 0 aliphatic heterocycles. The van der Waals surface area contributed by atoms with Crippen molar-refractivity contribution in [2.45, 2.75) is 39.5 Å². The van der Waals surface area contributed by atoms with E-state index in [9.17, 15) is 8.42 Å². The van der Waals surface area contributed by atoms with Gasteiger partial charge in [-0.25, -0.2) is 13.1 Å². The van der Waals surface area contributed by atoms with Crippen LogP contribution in [0, 0.1) is 0 Å². The van der Waals surface area contributed by atoms with E-state index in [2.05, 4.69) is 14.9 Å². The summed E-state index contributed by atoms with van der Waals surface area (Å²) < 4.78 is 30.6. The molecule has 0 radical (unpaired) electrons. The van der Waals surface area contributed by atoms with Crippen LogP contribution in [-0.4, -0.2) is 30.9 Å². The van der Waals surface area contributed by atoms with Gasteiger partial charge in [-0.15, -0.1) is 10.2 Å². The Kier molecular flexibility index (Phi) is 5.07. The summed E-state index contributed by atoms with van der Waals surface area (Å²) in [5, 5.41) is 7.72. The van der Waals surface area contributed by atoms with Crippen molar-refractivity contribution < 1.29 is 12.8 Å². The zero-order chi connectivity index (χ0) is 12.9. The number of hydrogen-bond donors (Lipinski definition) is 1. The molecule has 0 bridgehead atoms. The van der Waals surface area contributed by atoms with E-state index in [1.807, 2.05) is 20.8 Å². The fourth-order valence-electron chi connectivity index (χ4n) is 1.26. The molecule has 98 valence electrons. The van der Waals surface area contributed by atoms with Crippen LogP contribution in [0.2, 0.25) is 0 Å². The van der Waals surface area contributed by atoms with Crippen LogP contribution in [-0.2, 0) is 16.4 Å². The van der Waals surface area contributed by atoms with Gasteiger partial charge in [0.25, 0.3) is 0 Å². The van der Waals surface area contributed by atoms with Gasteiger partial charge in [-0.2, -0.15) is 0 Å². The molecule has 0 unspecified atom stereocenters. The maximum Gasteiger partial charge on any atom is 0.219 e. The van der Waals surface area contributed by atoms with Gasteiger partial charge in [-0.1, -0.05) is 20.8 Å². The molecule has 0 fully saturated rings.